The van der Waals surface area contributed by atoms with Crippen molar-refractivity contribution in [2.24, 2.45) is 5.41 Å². The largest absolute Gasteiger partial charge is 0.318 e. The van der Waals surface area contributed by atoms with Crippen molar-refractivity contribution in [1.82, 2.24) is 10.2 Å². The number of rotatable bonds is 5. The van der Waals surface area contributed by atoms with Crippen molar-refractivity contribution in [3.8, 4) is 0 Å². The van der Waals surface area contributed by atoms with Crippen LogP contribution in [0.15, 0.2) is 0 Å². The molecule has 2 heteroatoms. The van der Waals surface area contributed by atoms with E-state index in [1.165, 1.54) is 13.0 Å². The van der Waals surface area contributed by atoms with Gasteiger partial charge < -0.3 is 10.2 Å². The van der Waals surface area contributed by atoms with Gasteiger partial charge in [0, 0.05) is 13.1 Å². The van der Waals surface area contributed by atoms with Gasteiger partial charge in [0.05, 0.1) is 0 Å². The minimum Gasteiger partial charge on any atom is -0.318 e. The zero-order chi connectivity index (χ0) is 9.61. The van der Waals surface area contributed by atoms with Crippen molar-refractivity contribution >= 4 is 0 Å². The Labute approximate surface area is 77.3 Å². The summed E-state index contributed by atoms with van der Waals surface area (Å²) in [6.07, 6.45) is 1.27. The molecule has 0 bridgehead atoms. The molecule has 0 rings (SSSR count). The van der Waals surface area contributed by atoms with Crippen molar-refractivity contribution in [2.75, 3.05) is 33.7 Å². The zero-order valence-electron chi connectivity index (χ0n) is 9.28. The second-order valence-electron chi connectivity index (χ2n) is 4.72. The third-order valence-corrected chi connectivity index (χ3v) is 1.99. The molecule has 0 aliphatic carbocycles. The summed E-state index contributed by atoms with van der Waals surface area (Å²) in [6, 6.07) is 0. The molecule has 0 saturated heterocycles. The predicted molar refractivity (Wildman–Crippen MR) is 55.5 cm³/mol. The predicted octanol–water partition coefficient (Wildman–Crippen LogP) is 1.57. The number of hydrogen-bond donors (Lipinski definition) is 1. The van der Waals surface area contributed by atoms with E-state index in [0.717, 1.165) is 13.1 Å². The van der Waals surface area contributed by atoms with Crippen LogP contribution in [0.1, 0.15) is 27.2 Å². The van der Waals surface area contributed by atoms with Crippen LogP contribution in [0.5, 0.6) is 0 Å². The first kappa shape index (κ1) is 11.9. The van der Waals surface area contributed by atoms with E-state index in [1.54, 1.807) is 0 Å². The average Bonchev–Trinajstić information content (AvgIpc) is 1.95. The van der Waals surface area contributed by atoms with E-state index in [1.807, 2.05) is 7.05 Å². The highest BCUT2D eigenvalue weighted by Gasteiger charge is 2.10. The number of hydrogen-bond acceptors (Lipinski definition) is 2. The van der Waals surface area contributed by atoms with Gasteiger partial charge in [0.2, 0.25) is 0 Å². The Bertz CT molecular complexity index is 105. The molecule has 1 N–H and O–H groups in total. The Morgan fingerprint density at radius 1 is 1.17 bits per heavy atom. The van der Waals surface area contributed by atoms with Crippen LogP contribution in [0.25, 0.3) is 0 Å². The van der Waals surface area contributed by atoms with Gasteiger partial charge in [-0.2, -0.15) is 0 Å². The van der Waals surface area contributed by atoms with E-state index in [4.69, 9.17) is 0 Å². The number of likely N-dealkylation sites (N-methyl/N-ethyl adjacent to an activating group) is 2. The highest BCUT2D eigenvalue weighted by molar-refractivity contribution is 4.64. The average molecular weight is 172 g/mol. The summed E-state index contributed by atoms with van der Waals surface area (Å²) in [4.78, 5) is 2.38. The van der Waals surface area contributed by atoms with Crippen LogP contribution in [0.2, 0.25) is 0 Å². The van der Waals surface area contributed by atoms with Crippen molar-refractivity contribution in [3.63, 3.8) is 0 Å². The lowest BCUT2D eigenvalue weighted by molar-refractivity contribution is 0.265. The Balaban J connectivity index is 3.37. The van der Waals surface area contributed by atoms with Crippen LogP contribution >= 0.6 is 0 Å². The van der Waals surface area contributed by atoms with Gasteiger partial charge in [0.25, 0.3) is 0 Å². The van der Waals surface area contributed by atoms with Crippen LogP contribution in [0.4, 0.5) is 0 Å². The highest BCUT2D eigenvalue weighted by Crippen LogP contribution is 2.18. The van der Waals surface area contributed by atoms with Crippen molar-refractivity contribution in [3.05, 3.63) is 0 Å². The van der Waals surface area contributed by atoms with E-state index < -0.39 is 0 Å². The molecule has 0 amide bonds. The highest BCUT2D eigenvalue weighted by atomic mass is 15.1. The van der Waals surface area contributed by atoms with Crippen molar-refractivity contribution in [2.45, 2.75) is 27.2 Å². The van der Waals surface area contributed by atoms with Crippen LogP contribution in [-0.2, 0) is 0 Å². The fourth-order valence-electron chi connectivity index (χ4n) is 0.941. The topological polar surface area (TPSA) is 15.3 Å². The molecule has 0 aliphatic heterocycles. The second-order valence-corrected chi connectivity index (χ2v) is 4.72. The van der Waals surface area contributed by atoms with Gasteiger partial charge in [-0.15, -0.1) is 0 Å². The molecule has 0 unspecified atom stereocenters. The van der Waals surface area contributed by atoms with Gasteiger partial charge in [-0.3, -0.25) is 0 Å². The molecule has 0 radical (unpaired) electrons. The van der Waals surface area contributed by atoms with E-state index in [0.29, 0.717) is 5.41 Å². The summed E-state index contributed by atoms with van der Waals surface area (Å²) in [5.74, 6) is 0. The normalized spacial score (nSPS) is 12.5. The third kappa shape index (κ3) is 8.02. The smallest absolute Gasteiger partial charge is 0.0104 e. The molecule has 0 saturated carbocycles. The first-order valence-electron chi connectivity index (χ1n) is 4.79. The maximum Gasteiger partial charge on any atom is 0.0104 e. The number of nitrogens with zero attached hydrogens (tertiary/aromatic N) is 1. The standard InChI is InChI=1S/C10H24N2/c1-10(2,3)6-8-12(5)9-7-11-4/h11H,6-9H2,1-5H3. The minimum absolute atomic E-state index is 0.466. The molecule has 0 atom stereocenters. The lowest BCUT2D eigenvalue weighted by Gasteiger charge is -2.23. The Morgan fingerprint density at radius 2 is 1.75 bits per heavy atom. The maximum atomic E-state index is 3.15. The number of nitrogens with one attached hydrogen (secondary N) is 1. The van der Waals surface area contributed by atoms with Gasteiger partial charge in [0.1, 0.15) is 0 Å². The molecule has 0 aromatic carbocycles. The van der Waals surface area contributed by atoms with Gasteiger partial charge in [-0.25, -0.2) is 0 Å². The quantitative estimate of drug-likeness (QED) is 0.677. The lowest BCUT2D eigenvalue weighted by Crippen LogP contribution is -2.29. The molecule has 74 valence electrons. The molecule has 0 aromatic rings. The summed E-state index contributed by atoms with van der Waals surface area (Å²) < 4.78 is 0. The van der Waals surface area contributed by atoms with Crippen molar-refractivity contribution < 1.29 is 0 Å². The van der Waals surface area contributed by atoms with Crippen LogP contribution < -0.4 is 5.32 Å². The first-order chi connectivity index (χ1) is 5.45. The lowest BCUT2D eigenvalue weighted by atomic mass is 9.92. The first-order valence-corrected chi connectivity index (χ1v) is 4.79. The monoisotopic (exact) mass is 172 g/mol. The molecule has 12 heavy (non-hydrogen) atoms. The third-order valence-electron chi connectivity index (χ3n) is 1.99. The van der Waals surface area contributed by atoms with E-state index in [-0.39, 0.29) is 0 Å². The van der Waals surface area contributed by atoms with Gasteiger partial charge in [0.15, 0.2) is 0 Å². The molecule has 0 aromatic heterocycles. The summed E-state index contributed by atoms with van der Waals surface area (Å²) in [7, 11) is 4.18. The molecule has 0 heterocycles. The van der Waals surface area contributed by atoms with Crippen LogP contribution in [0, 0.1) is 5.41 Å². The molecular weight excluding hydrogens is 148 g/mol. The zero-order valence-corrected chi connectivity index (χ0v) is 9.28. The van der Waals surface area contributed by atoms with Crippen LogP contribution in [0.3, 0.4) is 0 Å². The van der Waals surface area contributed by atoms with E-state index in [9.17, 15) is 0 Å². The molecule has 2 nitrogen and oxygen atoms in total. The molecule has 0 aliphatic rings. The second kappa shape index (κ2) is 5.55. The Kier molecular flexibility index (Phi) is 5.51. The summed E-state index contributed by atoms with van der Waals surface area (Å²) in [5.41, 5.74) is 0.466. The molecule has 0 fully saturated rings. The van der Waals surface area contributed by atoms with Crippen LogP contribution in [-0.4, -0.2) is 38.6 Å². The SMILES string of the molecule is CNCCN(C)CCC(C)(C)C. The fourth-order valence-corrected chi connectivity index (χ4v) is 0.941. The van der Waals surface area contributed by atoms with E-state index >= 15 is 0 Å². The summed E-state index contributed by atoms with van der Waals surface area (Å²) in [6.45, 7) is 10.3. The Morgan fingerprint density at radius 3 is 2.17 bits per heavy atom. The molecular formula is C10H24N2. The summed E-state index contributed by atoms with van der Waals surface area (Å²) >= 11 is 0. The van der Waals surface area contributed by atoms with Crippen molar-refractivity contribution in [1.29, 1.82) is 0 Å². The van der Waals surface area contributed by atoms with E-state index in [2.05, 4.69) is 38.0 Å². The maximum absolute atomic E-state index is 3.15. The molecule has 0 spiro atoms. The minimum atomic E-state index is 0.466. The van der Waals surface area contributed by atoms with Gasteiger partial charge in [-0.05, 0) is 32.5 Å². The van der Waals surface area contributed by atoms with Gasteiger partial charge >= 0.3 is 0 Å². The fraction of sp³-hybridized carbons (Fsp3) is 1.00. The van der Waals surface area contributed by atoms with Gasteiger partial charge in [-0.1, -0.05) is 20.8 Å². The Hall–Kier alpha value is -0.0800. The summed E-state index contributed by atoms with van der Waals surface area (Å²) in [5, 5.41) is 3.15.